The quantitative estimate of drug-likeness (QED) is 0.420. The molecule has 2 atom stereocenters. The molecular weight excluding hydrogens is 444 g/mol. The Balaban J connectivity index is 1.76. The third-order valence-corrected chi connectivity index (χ3v) is 7.25. The number of nitrogens with one attached hydrogen (secondary N) is 1. The van der Waals surface area contributed by atoms with Crippen molar-refractivity contribution in [3.63, 3.8) is 0 Å². The van der Waals surface area contributed by atoms with Gasteiger partial charge in [-0.3, -0.25) is 14.5 Å². The molecule has 0 aromatic heterocycles. The topological polar surface area (TPSA) is 49.4 Å². The predicted molar refractivity (Wildman–Crippen MR) is 146 cm³/mol. The van der Waals surface area contributed by atoms with Crippen LogP contribution in [0.2, 0.25) is 0 Å². The first kappa shape index (κ1) is 24.1. The number of para-hydroxylation sites is 2. The number of fused-ring (bicyclic) bond motifs is 2. The lowest BCUT2D eigenvalue weighted by atomic mass is 9.72. The molecule has 0 fully saturated rings. The van der Waals surface area contributed by atoms with Gasteiger partial charge in [-0.25, -0.2) is 0 Å². The molecule has 184 valence electrons. The van der Waals surface area contributed by atoms with Gasteiger partial charge in [0.25, 0.3) is 5.91 Å². The summed E-state index contributed by atoms with van der Waals surface area (Å²) in [5.41, 5.74) is 4.99. The van der Waals surface area contributed by atoms with E-state index in [0.717, 1.165) is 22.6 Å². The number of ketones is 1. The zero-order valence-electron chi connectivity index (χ0n) is 21.7. The Bertz CT molecular complexity index is 1330. The Morgan fingerprint density at radius 2 is 1.56 bits per heavy atom. The fourth-order valence-electron chi connectivity index (χ4n) is 5.48. The minimum atomic E-state index is -0.487. The highest BCUT2D eigenvalue weighted by Crippen LogP contribution is 2.49. The van der Waals surface area contributed by atoms with Gasteiger partial charge in [-0.15, -0.1) is 0 Å². The Kier molecular flexibility index (Phi) is 5.86. The van der Waals surface area contributed by atoms with Crippen LogP contribution in [-0.4, -0.2) is 11.7 Å². The Hall–Kier alpha value is -3.66. The molecule has 4 heteroatoms. The van der Waals surface area contributed by atoms with Gasteiger partial charge in [0.2, 0.25) is 0 Å². The van der Waals surface area contributed by atoms with Gasteiger partial charge < -0.3 is 5.32 Å². The Morgan fingerprint density at radius 3 is 2.22 bits per heavy atom. The smallest absolute Gasteiger partial charge is 0.258 e. The number of hydrogen-bond donors (Lipinski definition) is 1. The lowest BCUT2D eigenvalue weighted by Crippen LogP contribution is -2.43. The van der Waals surface area contributed by atoms with Crippen LogP contribution in [0.3, 0.4) is 0 Å². The first-order valence-corrected chi connectivity index (χ1v) is 12.7. The molecule has 0 bridgehead atoms. The van der Waals surface area contributed by atoms with E-state index in [2.05, 4.69) is 70.3 Å². The van der Waals surface area contributed by atoms with Crippen LogP contribution in [0.4, 0.5) is 11.4 Å². The number of carbonyl (C=O) groups is 2. The van der Waals surface area contributed by atoms with Crippen LogP contribution in [0.15, 0.2) is 90.6 Å². The molecule has 0 saturated heterocycles. The number of amides is 1. The highest BCUT2D eigenvalue weighted by molar-refractivity contribution is 6.09. The molecule has 5 rings (SSSR count). The van der Waals surface area contributed by atoms with Crippen molar-refractivity contribution in [2.45, 2.75) is 52.5 Å². The standard InChI is InChI=1S/C32H34N2O2/c1-31(2,3)23-17-15-21(16-18-23)29-28-25(19-32(4,5)20-27(28)35)33-24-13-9-10-14-26(24)34(29)30(36)22-11-7-6-8-12-22/h6-19,28-29,33H,20H2,1-5H3/t28-,29-/m1/s1. The van der Waals surface area contributed by atoms with Crippen molar-refractivity contribution in [2.75, 3.05) is 10.2 Å². The van der Waals surface area contributed by atoms with E-state index in [-0.39, 0.29) is 22.5 Å². The second kappa shape index (κ2) is 8.77. The zero-order chi connectivity index (χ0) is 25.7. The monoisotopic (exact) mass is 478 g/mol. The van der Waals surface area contributed by atoms with Gasteiger partial charge in [0.15, 0.2) is 0 Å². The fourth-order valence-corrected chi connectivity index (χ4v) is 5.48. The summed E-state index contributed by atoms with van der Waals surface area (Å²) >= 11 is 0. The minimum Gasteiger partial charge on any atom is -0.357 e. The van der Waals surface area contributed by atoms with Crippen LogP contribution < -0.4 is 10.2 Å². The van der Waals surface area contributed by atoms with Gasteiger partial charge in [-0.2, -0.15) is 0 Å². The zero-order valence-corrected chi connectivity index (χ0v) is 21.7. The molecule has 0 radical (unpaired) electrons. The molecule has 1 aliphatic carbocycles. The lowest BCUT2D eigenvalue weighted by Gasteiger charge is -2.39. The van der Waals surface area contributed by atoms with Gasteiger partial charge in [0, 0.05) is 17.7 Å². The maximum Gasteiger partial charge on any atom is 0.258 e. The molecule has 3 aromatic carbocycles. The molecule has 0 saturated carbocycles. The maximum atomic E-state index is 14.2. The van der Waals surface area contributed by atoms with Gasteiger partial charge in [0.05, 0.1) is 23.3 Å². The molecule has 36 heavy (non-hydrogen) atoms. The van der Waals surface area contributed by atoms with E-state index in [9.17, 15) is 9.59 Å². The molecule has 0 unspecified atom stereocenters. The Morgan fingerprint density at radius 1 is 0.917 bits per heavy atom. The highest BCUT2D eigenvalue weighted by atomic mass is 16.2. The van der Waals surface area contributed by atoms with Crippen LogP contribution in [0.1, 0.15) is 68.6 Å². The average Bonchev–Trinajstić information content (AvgIpc) is 2.97. The highest BCUT2D eigenvalue weighted by Gasteiger charge is 2.46. The van der Waals surface area contributed by atoms with Crippen LogP contribution in [0, 0.1) is 11.3 Å². The van der Waals surface area contributed by atoms with Crippen LogP contribution in [0.5, 0.6) is 0 Å². The summed E-state index contributed by atoms with van der Waals surface area (Å²) in [6.45, 7) is 10.7. The van der Waals surface area contributed by atoms with E-state index in [1.807, 2.05) is 59.5 Å². The summed E-state index contributed by atoms with van der Waals surface area (Å²) in [4.78, 5) is 29.9. The van der Waals surface area contributed by atoms with Crippen molar-refractivity contribution >= 4 is 23.1 Å². The first-order chi connectivity index (χ1) is 17.0. The second-order valence-corrected chi connectivity index (χ2v) is 11.7. The van der Waals surface area contributed by atoms with Gasteiger partial charge in [-0.1, -0.05) is 95.3 Å². The van der Waals surface area contributed by atoms with E-state index in [4.69, 9.17) is 0 Å². The van der Waals surface area contributed by atoms with Crippen LogP contribution in [-0.2, 0) is 10.2 Å². The number of rotatable bonds is 2. The maximum absolute atomic E-state index is 14.2. The molecule has 0 spiro atoms. The number of carbonyl (C=O) groups excluding carboxylic acids is 2. The normalized spacial score (nSPS) is 21.0. The summed E-state index contributed by atoms with van der Waals surface area (Å²) in [7, 11) is 0. The number of benzene rings is 3. The summed E-state index contributed by atoms with van der Waals surface area (Å²) in [5, 5.41) is 3.57. The van der Waals surface area contributed by atoms with Crippen LogP contribution >= 0.6 is 0 Å². The third-order valence-electron chi connectivity index (χ3n) is 7.25. The van der Waals surface area contributed by atoms with Crippen molar-refractivity contribution in [2.24, 2.45) is 11.3 Å². The lowest BCUT2D eigenvalue weighted by molar-refractivity contribution is -0.124. The molecular formula is C32H34N2O2. The largest absolute Gasteiger partial charge is 0.357 e. The molecule has 1 N–H and O–H groups in total. The van der Waals surface area contributed by atoms with E-state index < -0.39 is 12.0 Å². The van der Waals surface area contributed by atoms with E-state index in [1.54, 1.807) is 0 Å². The van der Waals surface area contributed by atoms with Crippen molar-refractivity contribution < 1.29 is 9.59 Å². The molecule has 1 amide bonds. The Labute approximate surface area is 214 Å². The van der Waals surface area contributed by atoms with Crippen molar-refractivity contribution in [1.29, 1.82) is 0 Å². The van der Waals surface area contributed by atoms with Gasteiger partial charge in [-0.05, 0) is 46.2 Å². The minimum absolute atomic E-state index is 0.00539. The SMILES string of the molecule is CC1(C)C=C2Nc3ccccc3N(C(=O)c3ccccc3)[C@H](c3ccc(C(C)(C)C)cc3)[C@H]2C(=O)C1. The summed E-state index contributed by atoms with van der Waals surface area (Å²) in [6.07, 6.45) is 2.62. The molecule has 3 aromatic rings. The molecule has 1 heterocycles. The molecule has 1 aliphatic heterocycles. The van der Waals surface area contributed by atoms with E-state index in [0.29, 0.717) is 12.0 Å². The first-order valence-electron chi connectivity index (χ1n) is 12.7. The van der Waals surface area contributed by atoms with Crippen LogP contribution in [0.25, 0.3) is 0 Å². The predicted octanol–water partition coefficient (Wildman–Crippen LogP) is 7.30. The fraction of sp³-hybridized carbons (Fsp3) is 0.312. The number of hydrogen-bond acceptors (Lipinski definition) is 3. The van der Waals surface area contributed by atoms with E-state index in [1.165, 1.54) is 5.56 Å². The summed E-state index contributed by atoms with van der Waals surface area (Å²) < 4.78 is 0. The average molecular weight is 479 g/mol. The number of Topliss-reactive ketones (excluding diaryl/α,β-unsaturated/α-hetero) is 1. The molecule has 4 nitrogen and oxygen atoms in total. The van der Waals surface area contributed by atoms with E-state index >= 15 is 0 Å². The third kappa shape index (κ3) is 4.37. The van der Waals surface area contributed by atoms with Crippen molar-refractivity contribution in [3.8, 4) is 0 Å². The van der Waals surface area contributed by atoms with Crippen molar-refractivity contribution in [3.05, 3.63) is 107 Å². The number of nitrogens with zero attached hydrogens (tertiary/aromatic N) is 1. The molecule has 2 aliphatic rings. The second-order valence-electron chi connectivity index (χ2n) is 11.7. The van der Waals surface area contributed by atoms with Gasteiger partial charge >= 0.3 is 0 Å². The summed E-state index contributed by atoms with van der Waals surface area (Å²) in [5.74, 6) is -0.458. The van der Waals surface area contributed by atoms with Gasteiger partial charge in [0.1, 0.15) is 5.78 Å². The number of allylic oxidation sites excluding steroid dienone is 1. The summed E-state index contributed by atoms with van der Waals surface area (Å²) in [6, 6.07) is 25.2. The number of anilines is 2. The van der Waals surface area contributed by atoms with Crippen molar-refractivity contribution in [1.82, 2.24) is 0 Å².